The van der Waals surface area contributed by atoms with Crippen LogP contribution in [0.5, 0.6) is 0 Å². The third kappa shape index (κ3) is 8.66. The molecule has 7 N–H and O–H groups in total. The first-order valence-corrected chi connectivity index (χ1v) is 9.35. The number of carboxylic acid groups (broad SMARTS) is 1. The van der Waals surface area contributed by atoms with Gasteiger partial charge in [0.15, 0.2) is 0 Å². The van der Waals surface area contributed by atoms with E-state index >= 15 is 0 Å². The van der Waals surface area contributed by atoms with Crippen LogP contribution in [0.3, 0.4) is 0 Å². The number of hydrogen-bond acceptors (Lipinski definition) is 6. The molecule has 10 nitrogen and oxygen atoms in total. The van der Waals surface area contributed by atoms with E-state index in [1.807, 2.05) is 13.8 Å². The molecule has 0 radical (unpaired) electrons. The van der Waals surface area contributed by atoms with Crippen LogP contribution in [0, 0.1) is 11.8 Å². The van der Waals surface area contributed by atoms with Gasteiger partial charge in [-0.2, -0.15) is 0 Å². The Bertz CT molecular complexity index is 564. The number of aliphatic hydroxyl groups excluding tert-OH is 1. The van der Waals surface area contributed by atoms with Gasteiger partial charge in [0.05, 0.1) is 6.10 Å². The molecule has 0 aliphatic carbocycles. The summed E-state index contributed by atoms with van der Waals surface area (Å²) in [4.78, 5) is 48.2. The molecule has 0 unspecified atom stereocenters. The predicted molar refractivity (Wildman–Crippen MR) is 103 cm³/mol. The first-order chi connectivity index (χ1) is 12.8. The highest BCUT2D eigenvalue weighted by atomic mass is 16.4. The molecule has 0 aromatic carbocycles. The highest BCUT2D eigenvalue weighted by Gasteiger charge is 2.31. The number of aliphatic carboxylic acids is 1. The van der Waals surface area contributed by atoms with Crippen LogP contribution in [0.25, 0.3) is 0 Å². The van der Waals surface area contributed by atoms with E-state index in [-0.39, 0.29) is 18.3 Å². The lowest BCUT2D eigenvalue weighted by Gasteiger charge is -2.27. The second kappa shape index (κ2) is 11.6. The van der Waals surface area contributed by atoms with Gasteiger partial charge in [0, 0.05) is 0 Å². The largest absolute Gasteiger partial charge is 0.480 e. The molecule has 5 atom stereocenters. The summed E-state index contributed by atoms with van der Waals surface area (Å²) in [7, 11) is 0. The maximum absolute atomic E-state index is 12.7. The predicted octanol–water partition coefficient (Wildman–Crippen LogP) is -1.04. The second-order valence-corrected chi connectivity index (χ2v) is 7.76. The average molecular weight is 402 g/mol. The Morgan fingerprint density at radius 1 is 0.857 bits per heavy atom. The zero-order chi connectivity index (χ0) is 22.2. The summed E-state index contributed by atoms with van der Waals surface area (Å²) in [6.07, 6.45) is -0.802. The van der Waals surface area contributed by atoms with Gasteiger partial charge in [-0.05, 0) is 32.1 Å². The Hall–Kier alpha value is -2.20. The number of rotatable bonds is 11. The van der Waals surface area contributed by atoms with Gasteiger partial charge in [-0.1, -0.05) is 27.7 Å². The summed E-state index contributed by atoms with van der Waals surface area (Å²) < 4.78 is 0. The zero-order valence-electron chi connectivity index (χ0n) is 17.4. The van der Waals surface area contributed by atoms with Crippen molar-refractivity contribution in [1.82, 2.24) is 16.0 Å². The van der Waals surface area contributed by atoms with E-state index in [4.69, 9.17) is 10.8 Å². The van der Waals surface area contributed by atoms with E-state index in [1.165, 1.54) is 13.8 Å². The average Bonchev–Trinajstić information content (AvgIpc) is 2.56. The normalized spacial score (nSPS) is 16.6. The standard InChI is InChI=1S/C18H34N4O6/c1-8(2)7-12(15(24)20-10(5)18(27)28)21-17(26)14(9(3)4)22-16(25)13(19)11(6)23/h8-14,23H,7,19H2,1-6H3,(H,20,24)(H,21,26)(H,22,25)(H,27,28)/t10-,11+,12-,13-,14-/m0/s1. The van der Waals surface area contributed by atoms with Crippen molar-refractivity contribution in [3.05, 3.63) is 0 Å². The van der Waals surface area contributed by atoms with Crippen LogP contribution in [0.1, 0.15) is 48.0 Å². The van der Waals surface area contributed by atoms with Crippen molar-refractivity contribution in [3.63, 3.8) is 0 Å². The van der Waals surface area contributed by atoms with Gasteiger partial charge < -0.3 is 31.9 Å². The number of nitrogens with one attached hydrogen (secondary N) is 3. The van der Waals surface area contributed by atoms with E-state index in [0.29, 0.717) is 0 Å². The van der Waals surface area contributed by atoms with Gasteiger partial charge in [-0.3, -0.25) is 19.2 Å². The van der Waals surface area contributed by atoms with E-state index in [0.717, 1.165) is 0 Å². The summed E-state index contributed by atoms with van der Waals surface area (Å²) in [6.45, 7) is 9.82. The molecule has 0 saturated carbocycles. The van der Waals surface area contributed by atoms with Gasteiger partial charge in [0.25, 0.3) is 0 Å². The van der Waals surface area contributed by atoms with Crippen LogP contribution in [0.4, 0.5) is 0 Å². The first-order valence-electron chi connectivity index (χ1n) is 9.35. The van der Waals surface area contributed by atoms with E-state index in [2.05, 4.69) is 16.0 Å². The molecule has 28 heavy (non-hydrogen) atoms. The Balaban J connectivity index is 5.29. The monoisotopic (exact) mass is 402 g/mol. The smallest absolute Gasteiger partial charge is 0.325 e. The van der Waals surface area contributed by atoms with Gasteiger partial charge in [-0.25, -0.2) is 0 Å². The summed E-state index contributed by atoms with van der Waals surface area (Å²) in [6, 6.07) is -4.24. The van der Waals surface area contributed by atoms with Crippen LogP contribution >= 0.6 is 0 Å². The maximum Gasteiger partial charge on any atom is 0.325 e. The summed E-state index contributed by atoms with van der Waals surface area (Å²) >= 11 is 0. The molecule has 0 rings (SSSR count). The second-order valence-electron chi connectivity index (χ2n) is 7.76. The lowest BCUT2D eigenvalue weighted by molar-refractivity contribution is -0.142. The van der Waals surface area contributed by atoms with Gasteiger partial charge in [-0.15, -0.1) is 0 Å². The summed E-state index contributed by atoms with van der Waals surface area (Å²) in [5, 5.41) is 25.8. The molecule has 0 heterocycles. The van der Waals surface area contributed by atoms with Gasteiger partial charge in [0.2, 0.25) is 17.7 Å². The molecule has 0 spiro atoms. The number of carbonyl (C=O) groups excluding carboxylic acids is 3. The molecule has 3 amide bonds. The zero-order valence-corrected chi connectivity index (χ0v) is 17.4. The van der Waals surface area contributed by atoms with Crippen molar-refractivity contribution in [2.24, 2.45) is 17.6 Å². The van der Waals surface area contributed by atoms with E-state index < -0.39 is 54.0 Å². The van der Waals surface area contributed by atoms with Gasteiger partial charge >= 0.3 is 5.97 Å². The lowest BCUT2D eigenvalue weighted by Crippen LogP contribution is -2.59. The number of nitrogens with two attached hydrogens (primary N) is 1. The summed E-state index contributed by atoms with van der Waals surface area (Å²) in [5.74, 6) is -3.36. The molecule has 0 bridgehead atoms. The molecule has 10 heteroatoms. The number of aliphatic hydroxyl groups is 1. The van der Waals surface area contributed by atoms with Crippen LogP contribution in [0.2, 0.25) is 0 Å². The number of amides is 3. The maximum atomic E-state index is 12.7. The molecular formula is C18H34N4O6. The Morgan fingerprint density at radius 2 is 1.39 bits per heavy atom. The number of hydrogen-bond donors (Lipinski definition) is 6. The SMILES string of the molecule is CC(C)C[C@H](NC(=O)[C@@H](NC(=O)[C@@H](N)[C@@H](C)O)C(C)C)C(=O)N[C@@H](C)C(=O)O. The Labute approximate surface area is 165 Å². The minimum absolute atomic E-state index is 0.0481. The van der Waals surface area contributed by atoms with Crippen molar-refractivity contribution in [1.29, 1.82) is 0 Å². The third-order valence-electron chi connectivity index (χ3n) is 4.14. The van der Waals surface area contributed by atoms with Crippen LogP contribution in [0.15, 0.2) is 0 Å². The minimum atomic E-state index is -1.19. The topological polar surface area (TPSA) is 171 Å². The van der Waals surface area contributed by atoms with Crippen molar-refractivity contribution >= 4 is 23.7 Å². The van der Waals surface area contributed by atoms with E-state index in [9.17, 15) is 24.3 Å². The van der Waals surface area contributed by atoms with Crippen molar-refractivity contribution in [2.45, 2.75) is 78.2 Å². The minimum Gasteiger partial charge on any atom is -0.480 e. The molecule has 0 fully saturated rings. The van der Waals surface area contributed by atoms with Crippen LogP contribution < -0.4 is 21.7 Å². The Kier molecular flexibility index (Phi) is 10.7. The molecule has 0 aliphatic rings. The van der Waals surface area contributed by atoms with Crippen LogP contribution in [-0.2, 0) is 19.2 Å². The molecule has 0 aliphatic heterocycles. The Morgan fingerprint density at radius 3 is 1.79 bits per heavy atom. The first kappa shape index (κ1) is 25.8. The number of carbonyl (C=O) groups is 4. The van der Waals surface area contributed by atoms with Crippen molar-refractivity contribution < 1.29 is 29.4 Å². The fourth-order valence-electron chi connectivity index (χ4n) is 2.34. The van der Waals surface area contributed by atoms with Gasteiger partial charge in [0.1, 0.15) is 24.2 Å². The number of carboxylic acids is 1. The molecule has 0 saturated heterocycles. The van der Waals surface area contributed by atoms with E-state index in [1.54, 1.807) is 13.8 Å². The molecule has 162 valence electrons. The molecule has 0 aromatic heterocycles. The molecule has 0 aromatic rings. The van der Waals surface area contributed by atoms with Crippen LogP contribution in [-0.4, -0.2) is 64.2 Å². The lowest BCUT2D eigenvalue weighted by atomic mass is 9.99. The third-order valence-corrected chi connectivity index (χ3v) is 4.14. The fourth-order valence-corrected chi connectivity index (χ4v) is 2.34. The summed E-state index contributed by atoms with van der Waals surface area (Å²) in [5.41, 5.74) is 5.59. The highest BCUT2D eigenvalue weighted by Crippen LogP contribution is 2.09. The fraction of sp³-hybridized carbons (Fsp3) is 0.778. The molecular weight excluding hydrogens is 368 g/mol. The van der Waals surface area contributed by atoms with Crippen molar-refractivity contribution in [3.8, 4) is 0 Å². The highest BCUT2D eigenvalue weighted by molar-refractivity contribution is 5.94. The van der Waals surface area contributed by atoms with Crippen molar-refractivity contribution in [2.75, 3.05) is 0 Å². The quantitative estimate of drug-likeness (QED) is 0.256.